The van der Waals surface area contributed by atoms with Crippen molar-refractivity contribution in [3.63, 3.8) is 0 Å². The number of hydrogen-bond acceptors (Lipinski definition) is 13. The SMILES string of the molecule is CCOC(=O)c1nnn([C@H]2CC(=NOC)C3=C[C@H](CCCCO)[C@@H](CCCCO)[C@@H]4c5cc(O)ccc5O[C@@]2(O)[C@H]34)c1C(=O)OCC. The second-order valence-electron chi connectivity index (χ2n) is 12.1. The Morgan fingerprint density at radius 2 is 1.77 bits per heavy atom. The van der Waals surface area contributed by atoms with Crippen LogP contribution in [0.3, 0.4) is 0 Å². The summed E-state index contributed by atoms with van der Waals surface area (Å²) in [6.45, 7) is 3.41. The first kappa shape index (κ1) is 34.3. The van der Waals surface area contributed by atoms with Crippen LogP contribution in [0.15, 0.2) is 35.0 Å². The summed E-state index contributed by atoms with van der Waals surface area (Å²) in [5.74, 6) is -4.63. The van der Waals surface area contributed by atoms with E-state index in [1.807, 2.05) is 0 Å². The van der Waals surface area contributed by atoms with Gasteiger partial charge in [-0.25, -0.2) is 14.3 Å². The van der Waals surface area contributed by atoms with Crippen molar-refractivity contribution >= 4 is 17.7 Å². The number of phenols is 1. The number of esters is 2. The Kier molecular flexibility index (Phi) is 10.8. The number of unbranched alkanes of at least 4 members (excludes halogenated alkanes) is 2. The molecule has 4 N–H and O–H groups in total. The quantitative estimate of drug-likeness (QED) is 0.132. The number of hydrogen-bond donors (Lipinski definition) is 4. The van der Waals surface area contributed by atoms with Crippen LogP contribution in [0, 0.1) is 17.8 Å². The Labute approximate surface area is 273 Å². The van der Waals surface area contributed by atoms with Gasteiger partial charge in [-0.3, -0.25) is 0 Å². The van der Waals surface area contributed by atoms with Gasteiger partial charge in [0.2, 0.25) is 11.5 Å². The molecular formula is C33H44N4O10. The average molecular weight is 657 g/mol. The van der Waals surface area contributed by atoms with Crippen LogP contribution in [-0.4, -0.2) is 92.4 Å². The number of fused-ring (bicyclic) bond motifs is 2. The number of phenolic OH excluding ortho intramolecular Hbond substituents is 1. The number of ether oxygens (including phenoxy) is 3. The lowest BCUT2D eigenvalue weighted by atomic mass is 9.55. The van der Waals surface area contributed by atoms with Crippen LogP contribution in [0.5, 0.6) is 11.5 Å². The van der Waals surface area contributed by atoms with Gasteiger partial charge < -0.3 is 39.5 Å². The summed E-state index contributed by atoms with van der Waals surface area (Å²) in [6.07, 6.45) is 6.27. The van der Waals surface area contributed by atoms with Crippen molar-refractivity contribution in [1.29, 1.82) is 0 Å². The summed E-state index contributed by atoms with van der Waals surface area (Å²) < 4.78 is 18.1. The summed E-state index contributed by atoms with van der Waals surface area (Å²) in [7, 11) is 1.42. The van der Waals surface area contributed by atoms with E-state index >= 15 is 0 Å². The fourth-order valence-electron chi connectivity index (χ4n) is 7.56. The van der Waals surface area contributed by atoms with E-state index in [1.165, 1.54) is 17.9 Å². The van der Waals surface area contributed by atoms with Crippen molar-refractivity contribution < 1.29 is 49.1 Å². The van der Waals surface area contributed by atoms with Gasteiger partial charge in [-0.05, 0) is 75.1 Å². The van der Waals surface area contributed by atoms with Crippen LogP contribution in [-0.2, 0) is 14.3 Å². The maximum Gasteiger partial charge on any atom is 0.361 e. The van der Waals surface area contributed by atoms with E-state index in [0.717, 1.165) is 19.3 Å². The zero-order valence-electron chi connectivity index (χ0n) is 27.0. The highest BCUT2D eigenvalue weighted by atomic mass is 16.6. The van der Waals surface area contributed by atoms with Crippen LogP contribution < -0.4 is 4.74 Å². The minimum absolute atomic E-state index is 0.00419. The molecule has 1 saturated carbocycles. The Morgan fingerprint density at radius 1 is 1.06 bits per heavy atom. The van der Waals surface area contributed by atoms with Crippen LogP contribution in [0.4, 0.5) is 0 Å². The fourth-order valence-corrected chi connectivity index (χ4v) is 7.56. The number of allylic oxidation sites excluding steroid dienone is 1. The number of carbonyl (C=O) groups is 2. The lowest BCUT2D eigenvalue weighted by Crippen LogP contribution is -2.62. The van der Waals surface area contributed by atoms with Gasteiger partial charge in [-0.2, -0.15) is 0 Å². The standard InChI is InChI=1S/C33H44N4O10/c1-4-45-31(41)29-30(32(42)46-5-2)37(36-34-29)26-18-24(35-44-3)22-16-19(10-6-8-14-38)21(11-7-9-15-39)27-23-17-20(40)12-13-25(23)47-33(26,43)28(22)27/h12-13,16-17,19,21,26-28,38-40,43H,4-11,14-15,18H2,1-3H3/t19-,21+,26-,27+,28+,33+/m0/s1. The zero-order chi connectivity index (χ0) is 33.7. The lowest BCUT2D eigenvalue weighted by molar-refractivity contribution is -0.225. The first-order valence-corrected chi connectivity index (χ1v) is 16.3. The van der Waals surface area contributed by atoms with Gasteiger partial charge in [0.25, 0.3) is 0 Å². The number of aromatic nitrogens is 3. The molecule has 2 heterocycles. The zero-order valence-corrected chi connectivity index (χ0v) is 27.0. The molecule has 0 amide bonds. The second-order valence-corrected chi connectivity index (χ2v) is 12.1. The Balaban J connectivity index is 1.74. The monoisotopic (exact) mass is 656 g/mol. The smallest absolute Gasteiger partial charge is 0.361 e. The molecule has 0 bridgehead atoms. The van der Waals surface area contributed by atoms with Gasteiger partial charge in [0.1, 0.15) is 24.7 Å². The fraction of sp³-hybridized carbons (Fsp3) is 0.606. The molecule has 1 aromatic carbocycles. The number of oxime groups is 1. The predicted octanol–water partition coefficient (Wildman–Crippen LogP) is 3.26. The average Bonchev–Trinajstić information content (AvgIpc) is 3.49. The number of aliphatic hydroxyl groups excluding tert-OH is 2. The third kappa shape index (κ3) is 6.46. The molecule has 14 nitrogen and oxygen atoms in total. The van der Waals surface area contributed by atoms with E-state index < -0.39 is 35.6 Å². The maximum atomic E-state index is 13.4. The highest BCUT2D eigenvalue weighted by Gasteiger charge is 2.64. The predicted molar refractivity (Wildman–Crippen MR) is 167 cm³/mol. The molecule has 256 valence electrons. The molecule has 5 rings (SSSR count). The summed E-state index contributed by atoms with van der Waals surface area (Å²) in [5.41, 5.74) is 1.27. The summed E-state index contributed by atoms with van der Waals surface area (Å²) in [4.78, 5) is 31.6. The van der Waals surface area contributed by atoms with Crippen molar-refractivity contribution in [3.8, 4) is 11.5 Å². The number of carbonyl (C=O) groups excluding carboxylic acids is 2. The van der Waals surface area contributed by atoms with Crippen LogP contribution in [0.1, 0.15) is 97.3 Å². The lowest BCUT2D eigenvalue weighted by Gasteiger charge is -2.56. The number of aliphatic hydroxyl groups is 3. The summed E-state index contributed by atoms with van der Waals surface area (Å²) >= 11 is 0. The van der Waals surface area contributed by atoms with Crippen LogP contribution >= 0.6 is 0 Å². The molecule has 1 aliphatic heterocycles. The number of rotatable bonds is 14. The maximum absolute atomic E-state index is 13.4. The molecule has 3 aliphatic rings. The largest absolute Gasteiger partial charge is 0.508 e. The van der Waals surface area contributed by atoms with E-state index in [9.17, 15) is 30.0 Å². The summed E-state index contributed by atoms with van der Waals surface area (Å²) in [5, 5.41) is 55.3. The molecule has 0 radical (unpaired) electrons. The third-order valence-electron chi connectivity index (χ3n) is 9.39. The number of aromatic hydroxyl groups is 1. The van der Waals surface area contributed by atoms with Crippen LogP contribution in [0.2, 0.25) is 0 Å². The van der Waals surface area contributed by atoms with Crippen LogP contribution in [0.25, 0.3) is 0 Å². The van der Waals surface area contributed by atoms with Crippen molar-refractivity contribution in [2.45, 2.75) is 76.5 Å². The number of benzene rings is 1. The van der Waals surface area contributed by atoms with E-state index in [-0.39, 0.29) is 61.8 Å². The molecule has 47 heavy (non-hydrogen) atoms. The molecule has 1 aromatic heterocycles. The Bertz CT molecular complexity index is 1510. The summed E-state index contributed by atoms with van der Waals surface area (Å²) in [6, 6.07) is 3.61. The van der Waals surface area contributed by atoms with Gasteiger partial charge in [0.05, 0.1) is 24.8 Å². The first-order valence-electron chi connectivity index (χ1n) is 16.3. The second kappa shape index (κ2) is 14.8. The normalized spacial score (nSPS) is 26.9. The minimum atomic E-state index is -2.04. The van der Waals surface area contributed by atoms with Crippen molar-refractivity contribution in [1.82, 2.24) is 15.0 Å². The van der Waals surface area contributed by atoms with Crippen molar-refractivity contribution in [2.24, 2.45) is 22.9 Å². The van der Waals surface area contributed by atoms with E-state index in [4.69, 9.17) is 19.0 Å². The van der Waals surface area contributed by atoms with E-state index in [0.29, 0.717) is 41.9 Å². The number of nitrogens with zero attached hydrogens (tertiary/aromatic N) is 4. The molecule has 0 unspecified atom stereocenters. The molecule has 14 heteroatoms. The third-order valence-corrected chi connectivity index (χ3v) is 9.39. The molecule has 6 atom stereocenters. The van der Waals surface area contributed by atoms with E-state index in [2.05, 4.69) is 21.5 Å². The molecular weight excluding hydrogens is 612 g/mol. The van der Waals surface area contributed by atoms with Crippen molar-refractivity contribution in [3.05, 3.63) is 46.8 Å². The minimum Gasteiger partial charge on any atom is -0.508 e. The Hall–Kier alpha value is -4.01. The molecule has 1 fully saturated rings. The Morgan fingerprint density at radius 3 is 2.45 bits per heavy atom. The molecule has 0 saturated heterocycles. The van der Waals surface area contributed by atoms with Crippen molar-refractivity contribution in [2.75, 3.05) is 33.5 Å². The first-order chi connectivity index (χ1) is 22.7. The highest BCUT2D eigenvalue weighted by molar-refractivity contribution is 6.03. The molecule has 2 aromatic rings. The van der Waals surface area contributed by atoms with Gasteiger partial charge in [-0.15, -0.1) is 5.10 Å². The molecule has 0 spiro atoms. The highest BCUT2D eigenvalue weighted by Crippen LogP contribution is 2.62. The topological polar surface area (TPSA) is 195 Å². The van der Waals surface area contributed by atoms with Gasteiger partial charge in [0.15, 0.2) is 5.69 Å². The van der Waals surface area contributed by atoms with E-state index in [1.54, 1.807) is 26.0 Å². The molecule has 2 aliphatic carbocycles. The van der Waals surface area contributed by atoms with Gasteiger partial charge in [-0.1, -0.05) is 29.3 Å². The van der Waals surface area contributed by atoms with Gasteiger partial charge >= 0.3 is 11.9 Å². The van der Waals surface area contributed by atoms with Gasteiger partial charge in [0, 0.05) is 31.1 Å².